The Hall–Kier alpha value is -2.27. The van der Waals surface area contributed by atoms with E-state index in [-0.39, 0.29) is 29.7 Å². The van der Waals surface area contributed by atoms with E-state index in [1.165, 1.54) is 6.07 Å². The molecular weight excluding hydrogens is 560 g/mol. The molecule has 1 aromatic carbocycles. The lowest BCUT2D eigenvalue weighted by molar-refractivity contribution is 0.0122. The van der Waals surface area contributed by atoms with E-state index in [9.17, 15) is 13.6 Å². The highest BCUT2D eigenvalue weighted by atomic mass is 79.9. The monoisotopic (exact) mass is 593 g/mol. The quantitative estimate of drug-likeness (QED) is 0.490. The molecule has 8 nitrogen and oxygen atoms in total. The van der Waals surface area contributed by atoms with Crippen LogP contribution in [0.25, 0.3) is 10.9 Å². The lowest BCUT2D eigenvalue weighted by Gasteiger charge is -2.42. The highest BCUT2D eigenvalue weighted by molar-refractivity contribution is 9.10. The summed E-state index contributed by atoms with van der Waals surface area (Å²) in [6.45, 7) is 8.36. The van der Waals surface area contributed by atoms with Gasteiger partial charge in [0.05, 0.1) is 27.6 Å². The van der Waals surface area contributed by atoms with Crippen molar-refractivity contribution in [3.63, 3.8) is 0 Å². The summed E-state index contributed by atoms with van der Waals surface area (Å²) >= 11 is 3.28. The van der Waals surface area contributed by atoms with Crippen LogP contribution in [0, 0.1) is 5.82 Å². The summed E-state index contributed by atoms with van der Waals surface area (Å²) in [5, 5.41) is 0.591. The van der Waals surface area contributed by atoms with Crippen LogP contribution in [0.3, 0.4) is 0 Å². The molecule has 4 aliphatic heterocycles. The summed E-state index contributed by atoms with van der Waals surface area (Å²) in [4.78, 5) is 28.5. The second kappa shape index (κ2) is 9.43. The van der Waals surface area contributed by atoms with Crippen LogP contribution < -0.4 is 9.64 Å². The van der Waals surface area contributed by atoms with Crippen molar-refractivity contribution in [1.29, 1.82) is 0 Å². The smallest absolute Gasteiger partial charge is 0.410 e. The first-order chi connectivity index (χ1) is 18.0. The Bertz CT molecular complexity index is 1250. The molecule has 0 unspecified atom stereocenters. The molecule has 2 bridgehead atoms. The van der Waals surface area contributed by atoms with Gasteiger partial charge in [-0.3, -0.25) is 9.80 Å². The highest BCUT2D eigenvalue weighted by Crippen LogP contribution is 2.41. The van der Waals surface area contributed by atoms with Gasteiger partial charge in [-0.15, -0.1) is 0 Å². The fourth-order valence-corrected chi connectivity index (χ4v) is 7.06. The first-order valence-corrected chi connectivity index (χ1v) is 14.3. The third-order valence-electron chi connectivity index (χ3n) is 8.31. The second-order valence-electron chi connectivity index (χ2n) is 12.2. The molecule has 11 heteroatoms. The topological polar surface area (TPSA) is 71.0 Å². The number of ether oxygens (including phenoxy) is 2. The van der Waals surface area contributed by atoms with Crippen molar-refractivity contribution in [2.75, 3.05) is 37.7 Å². The third kappa shape index (κ3) is 4.69. The fraction of sp³-hybridized carbons (Fsp3) is 0.667. The van der Waals surface area contributed by atoms with Gasteiger partial charge in [-0.05, 0) is 81.1 Å². The molecular formula is C27H34BrF2N5O3. The minimum absolute atomic E-state index is 0.0239. The van der Waals surface area contributed by atoms with E-state index in [0.29, 0.717) is 53.9 Å². The zero-order valence-electron chi connectivity index (χ0n) is 22.1. The number of carbonyl (C=O) groups excluding carboxylic acids is 1. The number of halogens is 3. The number of carbonyl (C=O) groups is 1. The number of nitrogens with zero attached hydrogens (tertiary/aromatic N) is 5. The average Bonchev–Trinajstić information content (AvgIpc) is 3.44. The van der Waals surface area contributed by atoms with E-state index in [2.05, 4.69) is 30.7 Å². The number of benzene rings is 1. The van der Waals surface area contributed by atoms with Crippen molar-refractivity contribution in [2.45, 2.75) is 82.3 Å². The molecule has 4 atom stereocenters. The van der Waals surface area contributed by atoms with Gasteiger partial charge >= 0.3 is 12.1 Å². The van der Waals surface area contributed by atoms with Crippen LogP contribution in [0.4, 0.5) is 19.4 Å². The van der Waals surface area contributed by atoms with Gasteiger partial charge in [0.15, 0.2) is 0 Å². The van der Waals surface area contributed by atoms with Gasteiger partial charge in [-0.1, -0.05) is 0 Å². The molecule has 38 heavy (non-hydrogen) atoms. The van der Waals surface area contributed by atoms with E-state index in [0.717, 1.165) is 32.2 Å². The molecule has 4 aliphatic rings. The lowest BCUT2D eigenvalue weighted by Crippen LogP contribution is -2.57. The van der Waals surface area contributed by atoms with Crippen LogP contribution in [-0.2, 0) is 4.74 Å². The van der Waals surface area contributed by atoms with Crippen LogP contribution in [0.15, 0.2) is 16.6 Å². The predicted octanol–water partition coefficient (Wildman–Crippen LogP) is 5.07. The molecule has 0 aliphatic carbocycles. The molecule has 0 N–H and O–H groups in total. The largest absolute Gasteiger partial charge is 0.461 e. The van der Waals surface area contributed by atoms with Gasteiger partial charge in [0.2, 0.25) is 0 Å². The Balaban J connectivity index is 1.29. The summed E-state index contributed by atoms with van der Waals surface area (Å²) < 4.78 is 41.1. The van der Waals surface area contributed by atoms with Crippen molar-refractivity contribution in [3.05, 3.63) is 22.4 Å². The van der Waals surface area contributed by atoms with E-state index in [1.807, 2.05) is 25.7 Å². The maximum Gasteiger partial charge on any atom is 0.410 e. The minimum Gasteiger partial charge on any atom is -0.461 e. The van der Waals surface area contributed by atoms with E-state index < -0.39 is 17.6 Å². The van der Waals surface area contributed by atoms with E-state index in [4.69, 9.17) is 14.5 Å². The summed E-state index contributed by atoms with van der Waals surface area (Å²) in [6, 6.07) is 3.24. The molecule has 0 saturated carbocycles. The first-order valence-electron chi connectivity index (χ1n) is 13.5. The maximum absolute atomic E-state index is 14.7. The van der Waals surface area contributed by atoms with E-state index >= 15 is 0 Å². The number of anilines is 1. The third-order valence-corrected chi connectivity index (χ3v) is 8.92. The summed E-state index contributed by atoms with van der Waals surface area (Å²) in [7, 11) is 0. The van der Waals surface area contributed by atoms with Crippen LogP contribution in [-0.4, -0.2) is 88.0 Å². The molecule has 1 amide bonds. The van der Waals surface area contributed by atoms with Crippen molar-refractivity contribution in [1.82, 2.24) is 19.8 Å². The number of hydrogen-bond acceptors (Lipinski definition) is 7. The second-order valence-corrected chi connectivity index (χ2v) is 13.0. The molecule has 0 radical (unpaired) electrons. The number of alkyl halides is 1. The standard InChI is InChI=1S/C27H34BrF2N5O3/c1-26(2,3)38-25(36)35-17-5-6-18(35)14-33(13-17)23-19-9-21(30)20(28)10-22(19)31-24(32-23)37-15-27-7-4-8-34(27)12-16(29)11-27/h9-10,16-18H,4-8,11-15H2,1-3H3/t16-,17-,18+,27+/m1/s1. The predicted molar refractivity (Wildman–Crippen MR) is 143 cm³/mol. The Labute approximate surface area is 229 Å². The number of aromatic nitrogens is 2. The van der Waals surface area contributed by atoms with Gasteiger partial charge in [0, 0.05) is 31.4 Å². The molecule has 0 spiro atoms. The fourth-order valence-electron chi connectivity index (χ4n) is 6.73. The zero-order chi connectivity index (χ0) is 26.8. The van der Waals surface area contributed by atoms with Crippen LogP contribution >= 0.6 is 15.9 Å². The number of fused-ring (bicyclic) bond motifs is 4. The van der Waals surface area contributed by atoms with Crippen LogP contribution in [0.5, 0.6) is 6.01 Å². The Kier molecular flexibility index (Phi) is 6.45. The summed E-state index contributed by atoms with van der Waals surface area (Å²) in [5.74, 6) is 0.194. The number of rotatable bonds is 4. The van der Waals surface area contributed by atoms with Gasteiger partial charge < -0.3 is 14.4 Å². The van der Waals surface area contributed by atoms with Gasteiger partial charge in [0.1, 0.15) is 30.0 Å². The highest BCUT2D eigenvalue weighted by Gasteiger charge is 2.49. The summed E-state index contributed by atoms with van der Waals surface area (Å²) in [6.07, 6.45) is 2.98. The van der Waals surface area contributed by atoms with Gasteiger partial charge in [0.25, 0.3) is 0 Å². The van der Waals surface area contributed by atoms with Crippen molar-refractivity contribution in [3.8, 4) is 6.01 Å². The van der Waals surface area contributed by atoms with E-state index in [1.54, 1.807) is 6.07 Å². The number of hydrogen-bond donors (Lipinski definition) is 0. The summed E-state index contributed by atoms with van der Waals surface area (Å²) in [5.41, 5.74) is -0.320. The van der Waals surface area contributed by atoms with Crippen LogP contribution in [0.1, 0.15) is 52.9 Å². The Morgan fingerprint density at radius 1 is 1.18 bits per heavy atom. The molecule has 4 saturated heterocycles. The van der Waals surface area contributed by atoms with Crippen molar-refractivity contribution < 1.29 is 23.0 Å². The number of amides is 1. The van der Waals surface area contributed by atoms with Crippen molar-refractivity contribution in [2.24, 2.45) is 0 Å². The molecule has 6 rings (SSSR count). The zero-order valence-corrected chi connectivity index (χ0v) is 23.6. The molecule has 1 aromatic heterocycles. The molecule has 2 aromatic rings. The lowest BCUT2D eigenvalue weighted by atomic mass is 9.95. The van der Waals surface area contributed by atoms with Crippen LogP contribution in [0.2, 0.25) is 0 Å². The molecule has 4 fully saturated rings. The first kappa shape index (κ1) is 26.0. The number of piperazine rings is 1. The van der Waals surface area contributed by atoms with Crippen molar-refractivity contribution >= 4 is 38.7 Å². The maximum atomic E-state index is 14.7. The average molecular weight is 595 g/mol. The SMILES string of the molecule is CC(C)(C)OC(=O)N1[C@@H]2CC[C@H]1CN(c1nc(OC[C@@]34CCCN3C[C@H](F)C4)nc3cc(Br)c(F)cc13)C2. The Morgan fingerprint density at radius 3 is 2.63 bits per heavy atom. The Morgan fingerprint density at radius 2 is 1.92 bits per heavy atom. The van der Waals surface area contributed by atoms with Gasteiger partial charge in [-0.2, -0.15) is 9.97 Å². The molecule has 5 heterocycles. The normalized spacial score (nSPS) is 29.3. The molecule has 206 valence electrons. The van der Waals surface area contributed by atoms with Gasteiger partial charge in [-0.25, -0.2) is 13.6 Å². The minimum atomic E-state index is -0.845.